The van der Waals surface area contributed by atoms with Gasteiger partial charge in [0.25, 0.3) is 0 Å². The molecule has 0 aromatic heterocycles. The van der Waals surface area contributed by atoms with Crippen LogP contribution in [0.3, 0.4) is 0 Å². The molecule has 0 aliphatic heterocycles. The normalized spacial score (nSPS) is 10.4. The fourth-order valence-corrected chi connectivity index (χ4v) is 1.68. The van der Waals surface area contributed by atoms with E-state index in [0.29, 0.717) is 23.7 Å². The highest BCUT2D eigenvalue weighted by Gasteiger charge is 2.10. The first-order valence-electron chi connectivity index (χ1n) is 7.10. The number of nitrogens with zero attached hydrogens (tertiary/aromatic N) is 1. The average molecular weight is 317 g/mol. The van der Waals surface area contributed by atoms with Crippen molar-refractivity contribution in [1.82, 2.24) is 0 Å². The molecule has 1 rings (SSSR count). The zero-order valence-corrected chi connectivity index (χ0v) is 13.3. The Kier molecular flexibility index (Phi) is 7.14. The van der Waals surface area contributed by atoms with E-state index in [1.165, 1.54) is 13.1 Å². The van der Waals surface area contributed by atoms with Crippen LogP contribution in [0.25, 0.3) is 0 Å². The van der Waals surface area contributed by atoms with E-state index in [0.717, 1.165) is 0 Å². The second kappa shape index (κ2) is 9.10. The van der Waals surface area contributed by atoms with Gasteiger partial charge in [0.05, 0.1) is 18.9 Å². The number of benzene rings is 1. The number of esters is 1. The Balaban J connectivity index is 2.96. The first-order chi connectivity index (χ1) is 11.0. The predicted octanol–water partition coefficient (Wildman–Crippen LogP) is 2.43. The van der Waals surface area contributed by atoms with Gasteiger partial charge in [-0.25, -0.2) is 4.79 Å². The molecule has 0 fully saturated rings. The summed E-state index contributed by atoms with van der Waals surface area (Å²) in [4.78, 5) is 22.7. The van der Waals surface area contributed by atoms with Gasteiger partial charge in [-0.3, -0.25) is 4.79 Å². The molecule has 7 heteroatoms. The van der Waals surface area contributed by atoms with Gasteiger partial charge in [0, 0.05) is 24.9 Å². The number of carbonyl (C=O) groups excluding carboxylic acids is 2. The molecule has 0 saturated carbocycles. The highest BCUT2D eigenvalue weighted by Crippen LogP contribution is 2.28. The third-order valence-electron chi connectivity index (χ3n) is 2.59. The van der Waals surface area contributed by atoms with Gasteiger partial charge >= 0.3 is 5.97 Å². The van der Waals surface area contributed by atoms with Crippen LogP contribution in [0.15, 0.2) is 30.0 Å². The Morgan fingerprint density at radius 1 is 1.30 bits per heavy atom. The lowest BCUT2D eigenvalue weighted by atomic mass is 10.2. The van der Waals surface area contributed by atoms with Gasteiger partial charge in [-0.2, -0.15) is 5.26 Å². The molecule has 0 spiro atoms. The fraction of sp³-hybridized carbons (Fsp3) is 0.312. The number of amides is 1. The molecule has 1 aromatic carbocycles. The van der Waals surface area contributed by atoms with Crippen molar-refractivity contribution in [2.45, 2.75) is 20.8 Å². The molecule has 0 aliphatic rings. The molecular formula is C16H19N3O4. The summed E-state index contributed by atoms with van der Waals surface area (Å²) in [6.45, 7) is 5.51. The number of hydrogen-bond acceptors (Lipinski definition) is 6. The molecule has 0 aliphatic carbocycles. The standard InChI is InChI=1S/C16H19N3O4/c1-4-22-15-8-13(6-7-14(15)19-11(3)20)18-10-12(9-17)16(21)23-5-2/h6-8,10,18H,4-5H2,1-3H3,(H,19,20). The number of anilines is 2. The fourth-order valence-electron chi connectivity index (χ4n) is 1.68. The highest BCUT2D eigenvalue weighted by atomic mass is 16.5. The number of ether oxygens (including phenoxy) is 2. The second-order valence-corrected chi connectivity index (χ2v) is 4.36. The lowest BCUT2D eigenvalue weighted by Gasteiger charge is -2.12. The first kappa shape index (κ1) is 18.0. The molecule has 0 radical (unpaired) electrons. The average Bonchev–Trinajstić information content (AvgIpc) is 2.50. The van der Waals surface area contributed by atoms with Crippen molar-refractivity contribution in [2.24, 2.45) is 0 Å². The summed E-state index contributed by atoms with van der Waals surface area (Å²) < 4.78 is 10.2. The van der Waals surface area contributed by atoms with E-state index in [1.807, 2.05) is 6.92 Å². The van der Waals surface area contributed by atoms with Gasteiger partial charge in [-0.15, -0.1) is 0 Å². The number of carbonyl (C=O) groups is 2. The minimum absolute atomic E-state index is 0.143. The summed E-state index contributed by atoms with van der Waals surface area (Å²) in [5, 5.41) is 14.5. The topological polar surface area (TPSA) is 100 Å². The zero-order valence-electron chi connectivity index (χ0n) is 13.3. The van der Waals surface area contributed by atoms with Gasteiger partial charge in [-0.1, -0.05) is 0 Å². The summed E-state index contributed by atoms with van der Waals surface area (Å²) >= 11 is 0. The summed E-state index contributed by atoms with van der Waals surface area (Å²) in [5.41, 5.74) is 0.995. The Bertz CT molecular complexity index is 647. The van der Waals surface area contributed by atoms with Crippen LogP contribution in [0, 0.1) is 11.3 Å². The molecule has 0 bridgehead atoms. The zero-order chi connectivity index (χ0) is 17.2. The lowest BCUT2D eigenvalue weighted by Crippen LogP contribution is -2.09. The van der Waals surface area contributed by atoms with Crippen LogP contribution >= 0.6 is 0 Å². The lowest BCUT2D eigenvalue weighted by molar-refractivity contribution is -0.138. The van der Waals surface area contributed by atoms with Crippen LogP contribution in [0.5, 0.6) is 5.75 Å². The van der Waals surface area contributed by atoms with Gasteiger partial charge in [-0.05, 0) is 26.0 Å². The Morgan fingerprint density at radius 3 is 2.61 bits per heavy atom. The van der Waals surface area contributed by atoms with E-state index in [1.54, 1.807) is 31.2 Å². The predicted molar refractivity (Wildman–Crippen MR) is 85.9 cm³/mol. The van der Waals surface area contributed by atoms with Gasteiger partial charge in [0.1, 0.15) is 11.8 Å². The summed E-state index contributed by atoms with van der Waals surface area (Å²) in [6.07, 6.45) is 1.27. The molecule has 1 amide bonds. The number of nitriles is 1. The van der Waals surface area contributed by atoms with Gasteiger partial charge in [0.2, 0.25) is 5.91 Å². The Morgan fingerprint density at radius 2 is 2.04 bits per heavy atom. The van der Waals surface area contributed by atoms with E-state index >= 15 is 0 Å². The van der Waals surface area contributed by atoms with Gasteiger partial charge in [0.15, 0.2) is 5.57 Å². The maximum Gasteiger partial charge on any atom is 0.350 e. The first-order valence-corrected chi connectivity index (χ1v) is 7.10. The summed E-state index contributed by atoms with van der Waals surface area (Å²) in [7, 11) is 0. The van der Waals surface area contributed by atoms with Crippen molar-refractivity contribution >= 4 is 23.3 Å². The minimum atomic E-state index is -0.692. The van der Waals surface area contributed by atoms with Crippen LogP contribution in [-0.2, 0) is 14.3 Å². The van der Waals surface area contributed by atoms with Crippen LogP contribution in [0.2, 0.25) is 0 Å². The minimum Gasteiger partial charge on any atom is -0.492 e. The smallest absolute Gasteiger partial charge is 0.350 e. The van der Waals surface area contributed by atoms with Crippen LogP contribution in [-0.4, -0.2) is 25.1 Å². The molecule has 122 valence electrons. The highest BCUT2D eigenvalue weighted by molar-refractivity contribution is 5.93. The maximum atomic E-state index is 11.5. The number of rotatable bonds is 7. The summed E-state index contributed by atoms with van der Waals surface area (Å²) in [5.74, 6) is -0.418. The quantitative estimate of drug-likeness (QED) is 0.455. The van der Waals surface area contributed by atoms with E-state index in [4.69, 9.17) is 14.7 Å². The maximum absolute atomic E-state index is 11.5. The van der Waals surface area contributed by atoms with Crippen molar-refractivity contribution in [2.75, 3.05) is 23.8 Å². The second-order valence-electron chi connectivity index (χ2n) is 4.36. The number of hydrogen-bond donors (Lipinski definition) is 2. The van der Waals surface area contributed by atoms with Crippen molar-refractivity contribution in [1.29, 1.82) is 5.26 Å². The van der Waals surface area contributed by atoms with Crippen molar-refractivity contribution in [3.05, 3.63) is 30.0 Å². The van der Waals surface area contributed by atoms with Crippen molar-refractivity contribution in [3.63, 3.8) is 0 Å². The molecule has 23 heavy (non-hydrogen) atoms. The monoisotopic (exact) mass is 317 g/mol. The third-order valence-corrected chi connectivity index (χ3v) is 2.59. The third kappa shape index (κ3) is 5.71. The SMILES string of the molecule is CCOC(=O)C(C#N)=CNc1ccc(NC(C)=O)c(OCC)c1. The van der Waals surface area contributed by atoms with E-state index in [-0.39, 0.29) is 18.1 Å². The molecule has 2 N–H and O–H groups in total. The Labute approximate surface area is 134 Å². The van der Waals surface area contributed by atoms with Gasteiger partial charge < -0.3 is 20.1 Å². The Hall–Kier alpha value is -3.01. The largest absolute Gasteiger partial charge is 0.492 e. The number of nitrogens with one attached hydrogen (secondary N) is 2. The van der Waals surface area contributed by atoms with Crippen LogP contribution in [0.4, 0.5) is 11.4 Å². The van der Waals surface area contributed by atoms with E-state index < -0.39 is 5.97 Å². The molecule has 1 aromatic rings. The summed E-state index contributed by atoms with van der Waals surface area (Å²) in [6, 6.07) is 6.78. The van der Waals surface area contributed by atoms with Crippen molar-refractivity contribution in [3.8, 4) is 11.8 Å². The van der Waals surface area contributed by atoms with E-state index in [2.05, 4.69) is 10.6 Å². The molecular weight excluding hydrogens is 298 g/mol. The molecule has 7 nitrogen and oxygen atoms in total. The van der Waals surface area contributed by atoms with Crippen LogP contribution in [0.1, 0.15) is 20.8 Å². The van der Waals surface area contributed by atoms with Crippen LogP contribution < -0.4 is 15.4 Å². The molecule has 0 saturated heterocycles. The molecule has 0 heterocycles. The molecule has 0 unspecified atom stereocenters. The molecule has 0 atom stereocenters. The van der Waals surface area contributed by atoms with E-state index in [9.17, 15) is 9.59 Å². The van der Waals surface area contributed by atoms with Crippen molar-refractivity contribution < 1.29 is 19.1 Å².